The van der Waals surface area contributed by atoms with Gasteiger partial charge in [-0.05, 0) is 25.0 Å². The van der Waals surface area contributed by atoms with Gasteiger partial charge >= 0.3 is 6.03 Å². The van der Waals surface area contributed by atoms with E-state index >= 15 is 0 Å². The van der Waals surface area contributed by atoms with Crippen LogP contribution in [0.3, 0.4) is 0 Å². The Hall–Kier alpha value is -2.22. The molecule has 0 saturated heterocycles. The minimum Gasteiger partial charge on any atom is -0.495 e. The molecule has 0 radical (unpaired) electrons. The molecule has 1 aromatic rings. The van der Waals surface area contributed by atoms with E-state index in [1.165, 1.54) is 0 Å². The standard InChI is InChI=1S/C16H21N3O2/c1-21-14-9-5-4-8-13(14)18-15(20)19-16(12-17)10-6-2-3-7-11-16/h4-5,8-9H,2-3,6-7,10-11H2,1H3,(H2,18,19,20). The van der Waals surface area contributed by atoms with Crippen molar-refractivity contribution in [3.63, 3.8) is 0 Å². The number of methoxy groups -OCH3 is 1. The molecule has 0 atom stereocenters. The third-order valence-corrected chi connectivity index (χ3v) is 3.88. The van der Waals surface area contributed by atoms with Gasteiger partial charge in [-0.25, -0.2) is 4.79 Å². The topological polar surface area (TPSA) is 74.2 Å². The minimum atomic E-state index is -0.747. The summed E-state index contributed by atoms with van der Waals surface area (Å²) in [5, 5.41) is 15.1. The Morgan fingerprint density at radius 3 is 2.52 bits per heavy atom. The van der Waals surface area contributed by atoms with Crippen LogP contribution in [0.1, 0.15) is 38.5 Å². The van der Waals surface area contributed by atoms with Gasteiger partial charge < -0.3 is 15.4 Å². The van der Waals surface area contributed by atoms with E-state index in [1.807, 2.05) is 12.1 Å². The normalized spacial score (nSPS) is 17.1. The molecule has 2 N–H and O–H groups in total. The van der Waals surface area contributed by atoms with Crippen LogP contribution < -0.4 is 15.4 Å². The molecule has 1 aliphatic rings. The average molecular weight is 287 g/mol. The van der Waals surface area contributed by atoms with E-state index in [-0.39, 0.29) is 6.03 Å². The molecule has 5 heteroatoms. The third kappa shape index (κ3) is 3.88. The van der Waals surface area contributed by atoms with Gasteiger partial charge in [-0.2, -0.15) is 5.26 Å². The largest absolute Gasteiger partial charge is 0.495 e. The molecule has 1 aromatic carbocycles. The predicted molar refractivity (Wildman–Crippen MR) is 81.2 cm³/mol. The summed E-state index contributed by atoms with van der Waals surface area (Å²) in [6, 6.07) is 9.15. The van der Waals surface area contributed by atoms with Gasteiger partial charge in [0.1, 0.15) is 11.3 Å². The predicted octanol–water partition coefficient (Wildman–Crippen LogP) is 3.43. The molecule has 2 amide bonds. The maximum atomic E-state index is 12.2. The lowest BCUT2D eigenvalue weighted by Crippen LogP contribution is -2.48. The van der Waals surface area contributed by atoms with E-state index in [2.05, 4.69) is 16.7 Å². The Kier molecular flexibility index (Phi) is 5.04. The van der Waals surface area contributed by atoms with Crippen molar-refractivity contribution in [3.8, 4) is 11.8 Å². The summed E-state index contributed by atoms with van der Waals surface area (Å²) >= 11 is 0. The quantitative estimate of drug-likeness (QED) is 0.836. The first-order valence-electron chi connectivity index (χ1n) is 7.32. The van der Waals surface area contributed by atoms with E-state index in [9.17, 15) is 10.1 Å². The number of carbonyl (C=O) groups is 1. The van der Waals surface area contributed by atoms with Crippen molar-refractivity contribution in [2.24, 2.45) is 0 Å². The number of hydrogen-bond donors (Lipinski definition) is 2. The van der Waals surface area contributed by atoms with Crippen molar-refractivity contribution in [2.75, 3.05) is 12.4 Å². The van der Waals surface area contributed by atoms with Crippen LogP contribution in [0.15, 0.2) is 24.3 Å². The van der Waals surface area contributed by atoms with Crippen LogP contribution in [-0.2, 0) is 0 Å². The molecule has 112 valence electrons. The third-order valence-electron chi connectivity index (χ3n) is 3.88. The van der Waals surface area contributed by atoms with E-state index in [4.69, 9.17) is 4.74 Å². The number of nitrogens with zero attached hydrogens (tertiary/aromatic N) is 1. The van der Waals surface area contributed by atoms with Crippen molar-refractivity contribution in [2.45, 2.75) is 44.1 Å². The first-order chi connectivity index (χ1) is 10.2. The Morgan fingerprint density at radius 2 is 1.90 bits per heavy atom. The molecular weight excluding hydrogens is 266 g/mol. The minimum absolute atomic E-state index is 0.358. The molecule has 1 fully saturated rings. The molecule has 0 unspecified atom stereocenters. The number of urea groups is 1. The number of benzene rings is 1. The lowest BCUT2D eigenvalue weighted by atomic mass is 9.92. The van der Waals surface area contributed by atoms with Crippen LogP contribution >= 0.6 is 0 Å². The van der Waals surface area contributed by atoms with Gasteiger partial charge in [0.15, 0.2) is 0 Å². The number of anilines is 1. The first-order valence-corrected chi connectivity index (χ1v) is 7.32. The highest BCUT2D eigenvalue weighted by molar-refractivity contribution is 5.91. The molecular formula is C16H21N3O2. The highest BCUT2D eigenvalue weighted by Gasteiger charge is 2.32. The summed E-state index contributed by atoms with van der Waals surface area (Å²) in [7, 11) is 1.56. The fourth-order valence-corrected chi connectivity index (χ4v) is 2.72. The average Bonchev–Trinajstić information content (AvgIpc) is 2.74. The Bertz CT molecular complexity index is 529. The van der Waals surface area contributed by atoms with E-state index in [0.29, 0.717) is 24.3 Å². The fourth-order valence-electron chi connectivity index (χ4n) is 2.72. The lowest BCUT2D eigenvalue weighted by molar-refractivity contribution is 0.240. The van der Waals surface area contributed by atoms with Crippen LogP contribution in [0, 0.1) is 11.3 Å². The Morgan fingerprint density at radius 1 is 1.24 bits per heavy atom. The van der Waals surface area contributed by atoms with Gasteiger partial charge in [0.05, 0.1) is 18.9 Å². The summed E-state index contributed by atoms with van der Waals surface area (Å²) in [6.07, 6.45) is 5.62. The zero-order valence-corrected chi connectivity index (χ0v) is 12.3. The van der Waals surface area contributed by atoms with Crippen molar-refractivity contribution in [1.29, 1.82) is 5.26 Å². The molecule has 21 heavy (non-hydrogen) atoms. The summed E-state index contributed by atoms with van der Waals surface area (Å²) in [6.45, 7) is 0. The Balaban J connectivity index is 2.04. The number of nitrogens with one attached hydrogen (secondary N) is 2. The maximum Gasteiger partial charge on any atom is 0.320 e. The van der Waals surface area contributed by atoms with Gasteiger partial charge in [0.25, 0.3) is 0 Å². The van der Waals surface area contributed by atoms with Crippen LogP contribution in [0.2, 0.25) is 0 Å². The summed E-state index contributed by atoms with van der Waals surface area (Å²) in [4.78, 5) is 12.2. The van der Waals surface area contributed by atoms with Crippen molar-refractivity contribution >= 4 is 11.7 Å². The van der Waals surface area contributed by atoms with Crippen LogP contribution in [0.25, 0.3) is 0 Å². The molecule has 0 spiro atoms. The zero-order chi connectivity index (χ0) is 15.1. The van der Waals surface area contributed by atoms with Crippen molar-refractivity contribution < 1.29 is 9.53 Å². The molecule has 2 rings (SSSR count). The number of amides is 2. The molecule has 0 aromatic heterocycles. The van der Waals surface area contributed by atoms with Gasteiger partial charge in [-0.15, -0.1) is 0 Å². The number of nitriles is 1. The number of carbonyl (C=O) groups excluding carboxylic acids is 1. The van der Waals surface area contributed by atoms with E-state index < -0.39 is 5.54 Å². The zero-order valence-electron chi connectivity index (χ0n) is 12.3. The highest BCUT2D eigenvalue weighted by atomic mass is 16.5. The second kappa shape index (κ2) is 6.98. The Labute approximate surface area is 125 Å². The second-order valence-electron chi connectivity index (χ2n) is 5.39. The number of para-hydroxylation sites is 2. The second-order valence-corrected chi connectivity index (χ2v) is 5.39. The first kappa shape index (κ1) is 15.2. The van der Waals surface area contributed by atoms with Gasteiger partial charge in [-0.1, -0.05) is 37.8 Å². The highest BCUT2D eigenvalue weighted by Crippen LogP contribution is 2.27. The van der Waals surface area contributed by atoms with Gasteiger partial charge in [0, 0.05) is 0 Å². The number of ether oxygens (including phenoxy) is 1. The summed E-state index contributed by atoms with van der Waals surface area (Å²) < 4.78 is 5.20. The molecule has 1 saturated carbocycles. The number of hydrogen-bond acceptors (Lipinski definition) is 3. The number of rotatable bonds is 3. The van der Waals surface area contributed by atoms with Gasteiger partial charge in [-0.3, -0.25) is 0 Å². The lowest BCUT2D eigenvalue weighted by Gasteiger charge is -2.26. The van der Waals surface area contributed by atoms with Crippen LogP contribution in [-0.4, -0.2) is 18.7 Å². The van der Waals surface area contributed by atoms with Gasteiger partial charge in [0.2, 0.25) is 0 Å². The monoisotopic (exact) mass is 287 g/mol. The van der Waals surface area contributed by atoms with E-state index in [0.717, 1.165) is 25.7 Å². The van der Waals surface area contributed by atoms with E-state index in [1.54, 1.807) is 19.2 Å². The SMILES string of the molecule is COc1ccccc1NC(=O)NC1(C#N)CCCCCC1. The molecule has 0 aliphatic heterocycles. The maximum absolute atomic E-state index is 12.2. The molecule has 0 bridgehead atoms. The van der Waals surface area contributed by atoms with Crippen LogP contribution in [0.5, 0.6) is 5.75 Å². The fraction of sp³-hybridized carbons (Fsp3) is 0.500. The molecule has 0 heterocycles. The summed E-state index contributed by atoms with van der Waals surface area (Å²) in [5.41, 5.74) is -0.151. The molecule has 1 aliphatic carbocycles. The molecule has 5 nitrogen and oxygen atoms in total. The smallest absolute Gasteiger partial charge is 0.320 e. The van der Waals surface area contributed by atoms with Crippen molar-refractivity contribution in [3.05, 3.63) is 24.3 Å². The van der Waals surface area contributed by atoms with Crippen LogP contribution in [0.4, 0.5) is 10.5 Å². The van der Waals surface area contributed by atoms with Crippen molar-refractivity contribution in [1.82, 2.24) is 5.32 Å². The summed E-state index contributed by atoms with van der Waals surface area (Å²) in [5.74, 6) is 0.597.